The van der Waals surface area contributed by atoms with Gasteiger partial charge < -0.3 is 5.73 Å². The maximum atomic E-state index is 12.5. The monoisotopic (exact) mass is 283 g/mol. The minimum absolute atomic E-state index is 0.00366. The lowest BCUT2D eigenvalue weighted by Crippen LogP contribution is -2.45. The van der Waals surface area contributed by atoms with Gasteiger partial charge in [0.05, 0.1) is 0 Å². The second-order valence-electron chi connectivity index (χ2n) is 5.06. The topological polar surface area (TPSA) is 76.3 Å². The van der Waals surface area contributed by atoms with Crippen molar-refractivity contribution >= 4 is 10.0 Å². The fourth-order valence-electron chi connectivity index (χ4n) is 2.79. The quantitative estimate of drug-likeness (QED) is 0.901. The van der Waals surface area contributed by atoms with Gasteiger partial charge in [0.25, 0.3) is 0 Å². The maximum absolute atomic E-state index is 12.5. The largest absolute Gasteiger partial charge is 0.330 e. The second-order valence-corrected chi connectivity index (χ2v) is 7.06. The molecule has 1 aliphatic carbocycles. The highest BCUT2D eigenvalue weighted by Crippen LogP contribution is 2.30. The van der Waals surface area contributed by atoms with Crippen LogP contribution >= 0.6 is 0 Å². The van der Waals surface area contributed by atoms with Crippen LogP contribution in [0, 0.1) is 5.92 Å². The normalized spacial score (nSPS) is 24.6. The Morgan fingerprint density at radius 3 is 2.79 bits per heavy atom. The van der Waals surface area contributed by atoms with E-state index in [2.05, 4.69) is 4.98 Å². The van der Waals surface area contributed by atoms with Crippen LogP contribution in [0.5, 0.6) is 0 Å². The van der Waals surface area contributed by atoms with E-state index in [1.54, 1.807) is 25.4 Å². The van der Waals surface area contributed by atoms with Gasteiger partial charge in [0.15, 0.2) is 0 Å². The third kappa shape index (κ3) is 2.96. The van der Waals surface area contributed by atoms with Gasteiger partial charge in [-0.3, -0.25) is 4.98 Å². The Morgan fingerprint density at radius 1 is 1.42 bits per heavy atom. The molecule has 1 aromatic rings. The Kier molecular flexibility index (Phi) is 4.54. The minimum Gasteiger partial charge on any atom is -0.330 e. The highest BCUT2D eigenvalue weighted by Gasteiger charge is 2.34. The summed E-state index contributed by atoms with van der Waals surface area (Å²) in [7, 11) is -1.81. The van der Waals surface area contributed by atoms with E-state index in [1.165, 1.54) is 10.5 Å². The number of pyridine rings is 1. The highest BCUT2D eigenvalue weighted by molar-refractivity contribution is 7.89. The maximum Gasteiger partial charge on any atom is 0.244 e. The van der Waals surface area contributed by atoms with Gasteiger partial charge in [-0.25, -0.2) is 8.42 Å². The molecule has 0 amide bonds. The van der Waals surface area contributed by atoms with E-state index < -0.39 is 10.0 Å². The van der Waals surface area contributed by atoms with E-state index in [0.29, 0.717) is 6.54 Å². The van der Waals surface area contributed by atoms with Crippen LogP contribution in [0.15, 0.2) is 29.4 Å². The summed E-state index contributed by atoms with van der Waals surface area (Å²) in [5.74, 6) is 0.255. The van der Waals surface area contributed by atoms with Crippen LogP contribution in [0.25, 0.3) is 0 Å². The van der Waals surface area contributed by atoms with Gasteiger partial charge in [-0.05, 0) is 37.4 Å². The van der Waals surface area contributed by atoms with Gasteiger partial charge in [0.1, 0.15) is 4.90 Å². The van der Waals surface area contributed by atoms with Crippen molar-refractivity contribution in [3.8, 4) is 0 Å². The summed E-state index contributed by atoms with van der Waals surface area (Å²) in [6, 6.07) is 3.23. The number of sulfonamides is 1. The molecular weight excluding hydrogens is 262 g/mol. The first-order chi connectivity index (χ1) is 9.07. The molecule has 106 valence electrons. The van der Waals surface area contributed by atoms with E-state index in [9.17, 15) is 8.42 Å². The molecule has 2 atom stereocenters. The molecule has 0 spiro atoms. The zero-order valence-corrected chi connectivity index (χ0v) is 12.0. The molecule has 19 heavy (non-hydrogen) atoms. The van der Waals surface area contributed by atoms with Gasteiger partial charge in [-0.15, -0.1) is 0 Å². The number of hydrogen-bond donors (Lipinski definition) is 1. The Hall–Kier alpha value is -0.980. The number of hydrogen-bond acceptors (Lipinski definition) is 4. The van der Waals surface area contributed by atoms with Crippen LogP contribution < -0.4 is 5.73 Å². The Bertz CT molecular complexity index is 504. The van der Waals surface area contributed by atoms with Gasteiger partial charge in [-0.1, -0.05) is 12.8 Å². The average Bonchev–Trinajstić information content (AvgIpc) is 2.47. The molecule has 2 N–H and O–H groups in total. The zero-order valence-electron chi connectivity index (χ0n) is 11.2. The molecule has 2 unspecified atom stereocenters. The number of aromatic nitrogens is 1. The molecule has 5 nitrogen and oxygen atoms in total. The SMILES string of the molecule is CN(C1CCCCC1CN)S(=O)(=O)c1cccnc1. The Balaban J connectivity index is 2.25. The van der Waals surface area contributed by atoms with Crippen LogP contribution in [0.2, 0.25) is 0 Å². The molecule has 6 heteroatoms. The predicted molar refractivity (Wildman–Crippen MR) is 74.0 cm³/mol. The minimum atomic E-state index is -3.47. The summed E-state index contributed by atoms with van der Waals surface area (Å²) in [4.78, 5) is 4.14. The third-order valence-corrected chi connectivity index (χ3v) is 5.82. The summed E-state index contributed by atoms with van der Waals surface area (Å²) >= 11 is 0. The van der Waals surface area contributed by atoms with Crippen LogP contribution in [0.3, 0.4) is 0 Å². The second kappa shape index (κ2) is 5.98. The first-order valence-corrected chi connectivity index (χ1v) is 8.09. The summed E-state index contributed by atoms with van der Waals surface area (Å²) in [6.45, 7) is 0.539. The van der Waals surface area contributed by atoms with Crippen molar-refractivity contribution in [2.75, 3.05) is 13.6 Å². The number of rotatable bonds is 4. The van der Waals surface area contributed by atoms with E-state index in [0.717, 1.165) is 25.7 Å². The summed E-state index contributed by atoms with van der Waals surface area (Å²) < 4.78 is 26.6. The first-order valence-electron chi connectivity index (χ1n) is 6.65. The first kappa shape index (κ1) is 14.4. The van der Waals surface area contributed by atoms with Crippen LogP contribution in [-0.4, -0.2) is 37.3 Å². The molecule has 0 bridgehead atoms. The lowest BCUT2D eigenvalue weighted by molar-refractivity contribution is 0.204. The molecule has 0 aromatic carbocycles. The fraction of sp³-hybridized carbons (Fsp3) is 0.615. The molecule has 1 fully saturated rings. The molecular formula is C13H21N3O2S. The van der Waals surface area contributed by atoms with Crippen molar-refractivity contribution < 1.29 is 8.42 Å². The molecule has 1 heterocycles. The van der Waals surface area contributed by atoms with E-state index in [4.69, 9.17) is 5.73 Å². The Labute approximate surface area is 114 Å². The third-order valence-electron chi connectivity index (χ3n) is 3.95. The molecule has 1 aromatic heterocycles. The van der Waals surface area contributed by atoms with E-state index >= 15 is 0 Å². The molecule has 2 rings (SSSR count). The summed E-state index contributed by atoms with van der Waals surface area (Å²) in [5.41, 5.74) is 5.78. The van der Waals surface area contributed by atoms with Crippen molar-refractivity contribution in [2.24, 2.45) is 11.7 Å². The number of nitrogens with zero attached hydrogens (tertiary/aromatic N) is 2. The molecule has 1 saturated carbocycles. The molecule has 1 aliphatic rings. The zero-order chi connectivity index (χ0) is 13.9. The van der Waals surface area contributed by atoms with Crippen molar-refractivity contribution in [2.45, 2.75) is 36.6 Å². The van der Waals surface area contributed by atoms with E-state index in [1.807, 2.05) is 0 Å². The smallest absolute Gasteiger partial charge is 0.244 e. The lowest BCUT2D eigenvalue weighted by Gasteiger charge is -2.36. The van der Waals surface area contributed by atoms with Gasteiger partial charge in [0.2, 0.25) is 10.0 Å². The van der Waals surface area contributed by atoms with Crippen LogP contribution in [0.4, 0.5) is 0 Å². The standard InChI is InChI=1S/C13H21N3O2S/c1-16(13-7-3-2-5-11(13)9-14)19(17,18)12-6-4-8-15-10-12/h4,6,8,10-11,13H,2-3,5,7,9,14H2,1H3. The van der Waals surface area contributed by atoms with Crippen molar-refractivity contribution in [3.63, 3.8) is 0 Å². The summed E-state index contributed by atoms with van der Waals surface area (Å²) in [5, 5.41) is 0. The fourth-order valence-corrected chi connectivity index (χ4v) is 4.20. The van der Waals surface area contributed by atoms with Gasteiger partial charge >= 0.3 is 0 Å². The van der Waals surface area contributed by atoms with Crippen molar-refractivity contribution in [1.82, 2.24) is 9.29 Å². The highest BCUT2D eigenvalue weighted by atomic mass is 32.2. The molecule has 0 aliphatic heterocycles. The van der Waals surface area contributed by atoms with Crippen LogP contribution in [0.1, 0.15) is 25.7 Å². The summed E-state index contributed by atoms with van der Waals surface area (Å²) in [6.07, 6.45) is 7.06. The average molecular weight is 283 g/mol. The lowest BCUT2D eigenvalue weighted by atomic mass is 9.85. The predicted octanol–water partition coefficient (Wildman–Crippen LogP) is 1.22. The molecule has 0 radical (unpaired) electrons. The van der Waals surface area contributed by atoms with Gasteiger partial charge in [0, 0.05) is 25.5 Å². The van der Waals surface area contributed by atoms with Crippen molar-refractivity contribution in [1.29, 1.82) is 0 Å². The van der Waals surface area contributed by atoms with Crippen molar-refractivity contribution in [3.05, 3.63) is 24.5 Å². The number of nitrogens with two attached hydrogens (primary N) is 1. The van der Waals surface area contributed by atoms with Crippen LogP contribution in [-0.2, 0) is 10.0 Å². The Morgan fingerprint density at radius 2 is 2.16 bits per heavy atom. The molecule has 0 saturated heterocycles. The van der Waals surface area contributed by atoms with E-state index in [-0.39, 0.29) is 16.9 Å². The van der Waals surface area contributed by atoms with Gasteiger partial charge in [-0.2, -0.15) is 4.31 Å².